The number of rotatable bonds is 11. The zero-order valence-corrected chi connectivity index (χ0v) is 24.5. The van der Waals surface area contributed by atoms with E-state index < -0.39 is 23.8 Å². The number of carbonyl (C=O) groups excluding carboxylic acids is 3. The summed E-state index contributed by atoms with van der Waals surface area (Å²) in [5.74, 6) is 0.620. The van der Waals surface area contributed by atoms with Gasteiger partial charge in [0.2, 0.25) is 5.91 Å². The summed E-state index contributed by atoms with van der Waals surface area (Å²) in [6.07, 6.45) is 1.67. The molecule has 0 aliphatic rings. The number of likely N-dealkylation sites (N-methyl/N-ethyl adjacent to an activating group) is 1. The third kappa shape index (κ3) is 8.97. The molecule has 0 aliphatic heterocycles. The standard InChI is InChI=1S/C29H41N3O5S/c1-9-32(27(34)24(16-17-38-8)31-28(35)37-29(4,5)6)25(21-11-10-19(2)20(3)18-21)26(33)30-22-12-14-23(36-7)15-13-22/h10-15,18,24-25H,9,16-17H2,1-8H3,(H,30,33)(H,31,35). The quantitative estimate of drug-likeness (QED) is 0.389. The van der Waals surface area contributed by atoms with Gasteiger partial charge in [-0.05, 0) is 101 Å². The first kappa shape index (κ1) is 31.0. The van der Waals surface area contributed by atoms with Crippen molar-refractivity contribution in [1.82, 2.24) is 10.2 Å². The summed E-state index contributed by atoms with van der Waals surface area (Å²) in [6.45, 7) is 11.4. The summed E-state index contributed by atoms with van der Waals surface area (Å²) in [5, 5.41) is 5.68. The number of nitrogens with one attached hydrogen (secondary N) is 2. The molecule has 9 heteroatoms. The molecule has 0 bridgehead atoms. The number of ether oxygens (including phenoxy) is 2. The third-order valence-corrected chi connectivity index (χ3v) is 6.63. The molecule has 2 N–H and O–H groups in total. The maximum absolute atomic E-state index is 13.9. The first-order valence-electron chi connectivity index (χ1n) is 12.7. The fourth-order valence-electron chi connectivity index (χ4n) is 3.90. The summed E-state index contributed by atoms with van der Waals surface area (Å²) >= 11 is 1.57. The Morgan fingerprint density at radius 3 is 2.21 bits per heavy atom. The highest BCUT2D eigenvalue weighted by Crippen LogP contribution is 2.27. The second-order valence-corrected chi connectivity index (χ2v) is 11.1. The zero-order valence-electron chi connectivity index (χ0n) is 23.7. The number of benzene rings is 2. The number of alkyl carbamates (subject to hydrolysis) is 1. The van der Waals surface area contributed by atoms with Crippen LogP contribution in [0.3, 0.4) is 0 Å². The van der Waals surface area contributed by atoms with Crippen molar-refractivity contribution in [3.63, 3.8) is 0 Å². The number of amides is 3. The van der Waals surface area contributed by atoms with Crippen molar-refractivity contribution in [3.8, 4) is 5.75 Å². The Balaban J connectivity index is 2.45. The van der Waals surface area contributed by atoms with E-state index >= 15 is 0 Å². The largest absolute Gasteiger partial charge is 0.497 e. The summed E-state index contributed by atoms with van der Waals surface area (Å²) in [5.41, 5.74) is 2.66. The molecule has 0 saturated carbocycles. The van der Waals surface area contributed by atoms with Gasteiger partial charge in [-0.25, -0.2) is 4.79 Å². The van der Waals surface area contributed by atoms with E-state index in [-0.39, 0.29) is 18.4 Å². The van der Waals surface area contributed by atoms with Crippen LogP contribution in [0, 0.1) is 13.8 Å². The minimum absolute atomic E-state index is 0.262. The lowest BCUT2D eigenvalue weighted by molar-refractivity contribution is -0.140. The molecular weight excluding hydrogens is 502 g/mol. The second kappa shape index (κ2) is 14.1. The van der Waals surface area contributed by atoms with E-state index in [4.69, 9.17) is 9.47 Å². The normalized spacial score (nSPS) is 12.7. The van der Waals surface area contributed by atoms with Crippen molar-refractivity contribution < 1.29 is 23.9 Å². The van der Waals surface area contributed by atoms with Crippen LogP contribution in [0.15, 0.2) is 42.5 Å². The molecule has 2 aromatic rings. The van der Waals surface area contributed by atoms with Crippen LogP contribution in [0.1, 0.15) is 56.8 Å². The van der Waals surface area contributed by atoms with Crippen LogP contribution in [0.4, 0.5) is 10.5 Å². The number of methoxy groups -OCH3 is 1. The van der Waals surface area contributed by atoms with Gasteiger partial charge in [0.05, 0.1) is 7.11 Å². The molecule has 8 nitrogen and oxygen atoms in total. The van der Waals surface area contributed by atoms with E-state index in [1.165, 1.54) is 4.90 Å². The average Bonchev–Trinajstić information content (AvgIpc) is 2.85. The van der Waals surface area contributed by atoms with Gasteiger partial charge in [0.1, 0.15) is 23.4 Å². The van der Waals surface area contributed by atoms with Crippen LogP contribution in [0.2, 0.25) is 0 Å². The fourth-order valence-corrected chi connectivity index (χ4v) is 4.37. The fraction of sp³-hybridized carbons (Fsp3) is 0.483. The zero-order chi connectivity index (χ0) is 28.5. The number of thioether (sulfide) groups is 1. The van der Waals surface area contributed by atoms with E-state index in [0.717, 1.165) is 11.1 Å². The monoisotopic (exact) mass is 543 g/mol. The van der Waals surface area contributed by atoms with Gasteiger partial charge < -0.3 is 25.0 Å². The van der Waals surface area contributed by atoms with Crippen LogP contribution in [0.5, 0.6) is 5.75 Å². The minimum Gasteiger partial charge on any atom is -0.497 e. The maximum Gasteiger partial charge on any atom is 0.408 e. The molecule has 3 amide bonds. The minimum atomic E-state index is -0.911. The molecule has 0 aromatic heterocycles. The van der Waals surface area contributed by atoms with Crippen molar-refractivity contribution in [2.24, 2.45) is 0 Å². The number of hydrogen-bond donors (Lipinski definition) is 2. The van der Waals surface area contributed by atoms with Crippen LogP contribution >= 0.6 is 11.8 Å². The summed E-state index contributed by atoms with van der Waals surface area (Å²) in [6, 6.07) is 11.0. The number of hydrogen-bond acceptors (Lipinski definition) is 6. The smallest absolute Gasteiger partial charge is 0.408 e. The maximum atomic E-state index is 13.9. The van der Waals surface area contributed by atoms with Gasteiger partial charge in [0.25, 0.3) is 5.91 Å². The van der Waals surface area contributed by atoms with Crippen LogP contribution in [-0.2, 0) is 14.3 Å². The predicted octanol–water partition coefficient (Wildman–Crippen LogP) is 5.49. The van der Waals surface area contributed by atoms with Crippen molar-refractivity contribution in [3.05, 3.63) is 59.2 Å². The number of anilines is 1. The van der Waals surface area contributed by atoms with E-state index in [9.17, 15) is 14.4 Å². The molecule has 0 radical (unpaired) electrons. The number of aryl methyl sites for hydroxylation is 2. The van der Waals surface area contributed by atoms with Gasteiger partial charge in [-0.3, -0.25) is 9.59 Å². The summed E-state index contributed by atoms with van der Waals surface area (Å²) < 4.78 is 10.6. The first-order chi connectivity index (χ1) is 17.9. The Hall–Kier alpha value is -3.20. The van der Waals surface area contributed by atoms with Gasteiger partial charge in [0, 0.05) is 12.2 Å². The molecule has 2 atom stereocenters. The topological polar surface area (TPSA) is 97.0 Å². The molecule has 2 unspecified atom stereocenters. The predicted molar refractivity (Wildman–Crippen MR) is 154 cm³/mol. The average molecular weight is 544 g/mol. The lowest BCUT2D eigenvalue weighted by atomic mass is 9.98. The number of carbonyl (C=O) groups is 3. The van der Waals surface area contributed by atoms with E-state index in [1.54, 1.807) is 63.9 Å². The second-order valence-electron chi connectivity index (χ2n) is 10.1. The Morgan fingerprint density at radius 1 is 1.03 bits per heavy atom. The summed E-state index contributed by atoms with van der Waals surface area (Å²) in [7, 11) is 1.58. The van der Waals surface area contributed by atoms with Gasteiger partial charge in [-0.15, -0.1) is 0 Å². The molecule has 0 heterocycles. The lowest BCUT2D eigenvalue weighted by Crippen LogP contribution is -2.52. The molecule has 0 aliphatic carbocycles. The lowest BCUT2D eigenvalue weighted by Gasteiger charge is -2.34. The molecule has 0 saturated heterocycles. The molecule has 2 aromatic carbocycles. The van der Waals surface area contributed by atoms with Gasteiger partial charge in [0.15, 0.2) is 0 Å². The Kier molecular flexibility index (Phi) is 11.5. The first-order valence-corrected chi connectivity index (χ1v) is 14.1. The Bertz CT molecular complexity index is 1100. The molecular formula is C29H41N3O5S. The van der Waals surface area contributed by atoms with Crippen molar-refractivity contribution in [1.29, 1.82) is 0 Å². The molecule has 0 fully saturated rings. The molecule has 38 heavy (non-hydrogen) atoms. The van der Waals surface area contributed by atoms with Crippen LogP contribution in [-0.4, -0.2) is 60.1 Å². The van der Waals surface area contributed by atoms with Gasteiger partial charge >= 0.3 is 6.09 Å². The Morgan fingerprint density at radius 2 is 1.68 bits per heavy atom. The van der Waals surface area contributed by atoms with E-state index in [2.05, 4.69) is 10.6 Å². The van der Waals surface area contributed by atoms with Crippen molar-refractivity contribution in [2.75, 3.05) is 31.0 Å². The highest BCUT2D eigenvalue weighted by Gasteiger charge is 2.35. The Labute approximate surface area is 230 Å². The molecule has 208 valence electrons. The molecule has 2 rings (SSSR count). The SMILES string of the molecule is CCN(C(=O)C(CCSC)NC(=O)OC(C)(C)C)C(C(=O)Nc1ccc(OC)cc1)c1ccc(C)c(C)c1. The molecule has 0 spiro atoms. The van der Waals surface area contributed by atoms with Gasteiger partial charge in [-0.1, -0.05) is 18.2 Å². The summed E-state index contributed by atoms with van der Waals surface area (Å²) in [4.78, 5) is 41.8. The number of nitrogens with zero attached hydrogens (tertiary/aromatic N) is 1. The van der Waals surface area contributed by atoms with E-state index in [0.29, 0.717) is 29.2 Å². The van der Waals surface area contributed by atoms with Gasteiger partial charge in [-0.2, -0.15) is 11.8 Å². The highest BCUT2D eigenvalue weighted by atomic mass is 32.2. The van der Waals surface area contributed by atoms with Crippen LogP contribution in [0.25, 0.3) is 0 Å². The van der Waals surface area contributed by atoms with Crippen molar-refractivity contribution >= 4 is 35.4 Å². The third-order valence-electron chi connectivity index (χ3n) is 5.99. The highest BCUT2D eigenvalue weighted by molar-refractivity contribution is 7.98. The van der Waals surface area contributed by atoms with Crippen LogP contribution < -0.4 is 15.4 Å². The van der Waals surface area contributed by atoms with E-state index in [1.807, 2.05) is 45.2 Å². The van der Waals surface area contributed by atoms with Crippen molar-refractivity contribution in [2.45, 2.75) is 65.6 Å².